The van der Waals surface area contributed by atoms with Gasteiger partial charge in [0.25, 0.3) is 0 Å². The normalized spacial score (nSPS) is 19.2. The predicted molar refractivity (Wildman–Crippen MR) is 130 cm³/mol. The Morgan fingerprint density at radius 2 is 0.969 bits per heavy atom. The van der Waals surface area contributed by atoms with E-state index < -0.39 is 0 Å². The van der Waals surface area contributed by atoms with E-state index in [1.165, 1.54) is 0 Å². The van der Waals surface area contributed by atoms with Crippen molar-refractivity contribution >= 4 is 11.4 Å². The van der Waals surface area contributed by atoms with Gasteiger partial charge in [-0.1, -0.05) is 60.7 Å². The second kappa shape index (κ2) is 12.6. The minimum atomic E-state index is 0.815. The first-order chi connectivity index (χ1) is 15.9. The van der Waals surface area contributed by atoms with Crippen LogP contribution in [0.5, 0.6) is 0 Å². The summed E-state index contributed by atoms with van der Waals surface area (Å²) in [6.45, 7) is 9.15. The van der Waals surface area contributed by atoms with Gasteiger partial charge in [-0.3, -0.25) is 9.80 Å². The Morgan fingerprint density at radius 1 is 0.594 bits per heavy atom. The van der Waals surface area contributed by atoms with E-state index in [2.05, 4.69) is 58.3 Å². The van der Waals surface area contributed by atoms with Gasteiger partial charge in [0.2, 0.25) is 0 Å². The summed E-state index contributed by atoms with van der Waals surface area (Å²) in [6.07, 6.45) is 1.75. The van der Waals surface area contributed by atoms with Crippen LogP contribution in [-0.2, 0) is 9.47 Å². The lowest BCUT2D eigenvalue weighted by atomic mass is 10.1. The molecule has 32 heavy (non-hydrogen) atoms. The molecule has 2 heterocycles. The Bertz CT molecular complexity index is 784. The Labute approximate surface area is 191 Å². The minimum Gasteiger partial charge on any atom is -0.379 e. The Hall–Kier alpha value is -2.38. The molecule has 2 aliphatic heterocycles. The van der Waals surface area contributed by atoms with E-state index in [4.69, 9.17) is 19.7 Å². The van der Waals surface area contributed by atoms with Crippen LogP contribution in [0, 0.1) is 0 Å². The number of hydrogen-bond acceptors (Lipinski definition) is 6. The van der Waals surface area contributed by atoms with Crippen LogP contribution in [0.25, 0.3) is 0 Å². The number of hydrogen-bond donors (Lipinski definition) is 0. The lowest BCUT2D eigenvalue weighted by Gasteiger charge is -2.26. The average molecular weight is 435 g/mol. The molecule has 0 aromatic heterocycles. The van der Waals surface area contributed by atoms with Crippen LogP contribution in [0.3, 0.4) is 0 Å². The number of rotatable bonds is 9. The standard InChI is InChI=1S/C26H34N4O2/c1-3-7-23(8-4-1)25(11-13-29-15-19-31-20-16-29)27-28-26(24-9-5-2-6-10-24)12-14-30-17-21-32-22-18-30/h1-10H,11-22H2/b27-25+,28-26+. The number of nitrogens with zero attached hydrogens (tertiary/aromatic N) is 4. The lowest BCUT2D eigenvalue weighted by molar-refractivity contribution is 0.0391. The Kier molecular flexibility index (Phi) is 8.98. The molecular weight excluding hydrogens is 400 g/mol. The van der Waals surface area contributed by atoms with E-state index in [0.717, 1.165) is 101 Å². The molecule has 6 heteroatoms. The van der Waals surface area contributed by atoms with Crippen molar-refractivity contribution < 1.29 is 9.47 Å². The van der Waals surface area contributed by atoms with E-state index in [1.807, 2.05) is 12.1 Å². The quantitative estimate of drug-likeness (QED) is 0.449. The number of ether oxygens (including phenoxy) is 2. The largest absolute Gasteiger partial charge is 0.379 e. The maximum Gasteiger partial charge on any atom is 0.0715 e. The SMILES string of the molecule is c1ccc(/C(CCN2CCOCC2)=N/N=C(\CCN2CCOCC2)c2ccccc2)cc1. The Balaban J connectivity index is 1.52. The summed E-state index contributed by atoms with van der Waals surface area (Å²) in [5.41, 5.74) is 4.36. The zero-order chi connectivity index (χ0) is 21.8. The van der Waals surface area contributed by atoms with Gasteiger partial charge < -0.3 is 9.47 Å². The summed E-state index contributed by atoms with van der Waals surface area (Å²) in [6, 6.07) is 20.9. The highest BCUT2D eigenvalue weighted by molar-refractivity contribution is 6.03. The molecule has 2 fully saturated rings. The topological polar surface area (TPSA) is 49.7 Å². The van der Waals surface area contributed by atoms with Crippen molar-refractivity contribution in [3.05, 3.63) is 71.8 Å². The molecule has 0 bridgehead atoms. The number of benzene rings is 2. The van der Waals surface area contributed by atoms with Crippen LogP contribution in [0.2, 0.25) is 0 Å². The van der Waals surface area contributed by atoms with Crippen molar-refractivity contribution in [3.63, 3.8) is 0 Å². The fourth-order valence-corrected chi connectivity index (χ4v) is 4.06. The molecule has 2 saturated heterocycles. The van der Waals surface area contributed by atoms with Gasteiger partial charge in [0.1, 0.15) is 0 Å². The van der Waals surface area contributed by atoms with Crippen LogP contribution < -0.4 is 0 Å². The summed E-state index contributed by atoms with van der Waals surface area (Å²) >= 11 is 0. The summed E-state index contributed by atoms with van der Waals surface area (Å²) in [7, 11) is 0. The van der Waals surface area contributed by atoms with Crippen LogP contribution in [-0.4, -0.2) is 86.9 Å². The molecule has 0 unspecified atom stereocenters. The van der Waals surface area contributed by atoms with Gasteiger partial charge in [0.05, 0.1) is 37.9 Å². The van der Waals surface area contributed by atoms with Crippen LogP contribution in [0.1, 0.15) is 24.0 Å². The zero-order valence-electron chi connectivity index (χ0n) is 18.9. The third-order valence-electron chi connectivity index (χ3n) is 6.04. The van der Waals surface area contributed by atoms with Crippen LogP contribution >= 0.6 is 0 Å². The molecule has 0 saturated carbocycles. The van der Waals surface area contributed by atoms with Gasteiger partial charge in [-0.05, 0) is 11.1 Å². The molecule has 6 nitrogen and oxygen atoms in total. The van der Waals surface area contributed by atoms with Crippen molar-refractivity contribution in [1.82, 2.24) is 9.80 Å². The predicted octanol–water partition coefficient (Wildman–Crippen LogP) is 3.32. The molecule has 170 valence electrons. The van der Waals surface area contributed by atoms with Gasteiger partial charge in [-0.25, -0.2) is 0 Å². The molecule has 0 radical (unpaired) electrons. The van der Waals surface area contributed by atoms with Gasteiger partial charge in [0.15, 0.2) is 0 Å². The first-order valence-electron chi connectivity index (χ1n) is 11.7. The first kappa shape index (κ1) is 22.8. The van der Waals surface area contributed by atoms with Crippen LogP contribution in [0.4, 0.5) is 0 Å². The smallest absolute Gasteiger partial charge is 0.0715 e. The van der Waals surface area contributed by atoms with E-state index >= 15 is 0 Å². The third-order valence-corrected chi connectivity index (χ3v) is 6.04. The Morgan fingerprint density at radius 3 is 1.34 bits per heavy atom. The molecule has 0 N–H and O–H groups in total. The fraction of sp³-hybridized carbons (Fsp3) is 0.462. The molecule has 2 aliphatic rings. The van der Waals surface area contributed by atoms with Crippen molar-refractivity contribution in [2.75, 3.05) is 65.7 Å². The highest BCUT2D eigenvalue weighted by Gasteiger charge is 2.14. The average Bonchev–Trinajstić information content (AvgIpc) is 2.88. The molecule has 0 spiro atoms. The van der Waals surface area contributed by atoms with Gasteiger partial charge >= 0.3 is 0 Å². The highest BCUT2D eigenvalue weighted by atomic mass is 16.5. The van der Waals surface area contributed by atoms with E-state index in [9.17, 15) is 0 Å². The zero-order valence-corrected chi connectivity index (χ0v) is 18.9. The molecule has 0 amide bonds. The number of morpholine rings is 2. The molecule has 2 aromatic carbocycles. The van der Waals surface area contributed by atoms with Crippen molar-refractivity contribution in [2.24, 2.45) is 10.2 Å². The third kappa shape index (κ3) is 7.07. The fourth-order valence-electron chi connectivity index (χ4n) is 4.06. The van der Waals surface area contributed by atoms with Crippen molar-refractivity contribution in [2.45, 2.75) is 12.8 Å². The molecule has 2 aromatic rings. The van der Waals surface area contributed by atoms with E-state index in [1.54, 1.807) is 0 Å². The van der Waals surface area contributed by atoms with Crippen LogP contribution in [0.15, 0.2) is 70.9 Å². The minimum absolute atomic E-state index is 0.815. The maximum absolute atomic E-state index is 5.49. The second-order valence-electron chi connectivity index (χ2n) is 8.23. The van der Waals surface area contributed by atoms with E-state index in [0.29, 0.717) is 0 Å². The van der Waals surface area contributed by atoms with Crippen molar-refractivity contribution in [3.8, 4) is 0 Å². The molecule has 0 aliphatic carbocycles. The summed E-state index contributed by atoms with van der Waals surface area (Å²) < 4.78 is 11.0. The summed E-state index contributed by atoms with van der Waals surface area (Å²) in [5, 5.41) is 9.64. The summed E-state index contributed by atoms with van der Waals surface area (Å²) in [4.78, 5) is 4.89. The van der Waals surface area contributed by atoms with Gasteiger partial charge in [-0.2, -0.15) is 10.2 Å². The molecule has 0 atom stereocenters. The molecular formula is C26H34N4O2. The van der Waals surface area contributed by atoms with E-state index in [-0.39, 0.29) is 0 Å². The monoisotopic (exact) mass is 434 g/mol. The summed E-state index contributed by atoms with van der Waals surface area (Å²) in [5.74, 6) is 0. The first-order valence-corrected chi connectivity index (χ1v) is 11.7. The maximum atomic E-state index is 5.49. The van der Waals surface area contributed by atoms with Gasteiger partial charge in [-0.15, -0.1) is 0 Å². The highest BCUT2D eigenvalue weighted by Crippen LogP contribution is 2.11. The second-order valence-corrected chi connectivity index (χ2v) is 8.23. The lowest BCUT2D eigenvalue weighted by Crippen LogP contribution is -2.37. The van der Waals surface area contributed by atoms with Gasteiger partial charge in [0, 0.05) is 52.1 Å². The molecule has 4 rings (SSSR count). The van der Waals surface area contributed by atoms with Crippen molar-refractivity contribution in [1.29, 1.82) is 0 Å².